The number of likely N-dealkylation sites (tertiary alicyclic amines) is 1. The number of aliphatic hydroxyl groups excluding tert-OH is 1. The van der Waals surface area contributed by atoms with Gasteiger partial charge in [0, 0.05) is 24.5 Å². The zero-order valence-electron chi connectivity index (χ0n) is 18.9. The quantitative estimate of drug-likeness (QED) is 0.251. The van der Waals surface area contributed by atoms with Crippen molar-refractivity contribution in [3.8, 4) is 5.75 Å². The molecule has 0 spiro atoms. The summed E-state index contributed by atoms with van der Waals surface area (Å²) >= 11 is 0. The summed E-state index contributed by atoms with van der Waals surface area (Å²) in [6, 6.07) is 12.3. The Labute approximate surface area is 200 Å². The molecule has 8 nitrogen and oxygen atoms in total. The molecule has 9 heteroatoms. The lowest BCUT2D eigenvalue weighted by atomic mass is 9.94. The Bertz CT molecular complexity index is 1320. The standard InChI is InChI=1S/C26H21FN2O6/c1-34-20-8-7-18(13-19(20)27)23(30)21-22(16-3-5-17(6-4-16)26(33)35-2)29(25(32)24(21)31)14-15-9-11-28-12-10-15/h3-13,22,30H,14H2,1-2H3/t22-/m1/s1. The van der Waals surface area contributed by atoms with Crippen molar-refractivity contribution in [2.75, 3.05) is 14.2 Å². The molecule has 1 fully saturated rings. The maximum atomic E-state index is 14.3. The fourth-order valence-corrected chi connectivity index (χ4v) is 3.96. The Hall–Kier alpha value is -4.53. The molecule has 1 aliphatic heterocycles. The molecular formula is C26H21FN2O6. The number of esters is 1. The third-order valence-electron chi connectivity index (χ3n) is 5.71. The number of amides is 1. The number of carbonyl (C=O) groups is 3. The second-order valence-corrected chi connectivity index (χ2v) is 7.75. The van der Waals surface area contributed by atoms with Crippen LogP contribution < -0.4 is 4.74 Å². The summed E-state index contributed by atoms with van der Waals surface area (Å²) < 4.78 is 24.0. The number of ketones is 1. The number of carbonyl (C=O) groups excluding carboxylic acids is 3. The molecule has 1 aliphatic rings. The number of halogens is 1. The summed E-state index contributed by atoms with van der Waals surface area (Å²) in [6.45, 7) is 0.0598. The molecule has 178 valence electrons. The molecule has 35 heavy (non-hydrogen) atoms. The van der Waals surface area contributed by atoms with Crippen molar-refractivity contribution >= 4 is 23.4 Å². The number of aliphatic hydroxyl groups is 1. The second-order valence-electron chi connectivity index (χ2n) is 7.75. The lowest BCUT2D eigenvalue weighted by Crippen LogP contribution is -2.29. The molecular weight excluding hydrogens is 455 g/mol. The molecule has 0 aliphatic carbocycles. The van der Waals surface area contributed by atoms with Crippen molar-refractivity contribution in [2.24, 2.45) is 0 Å². The highest BCUT2D eigenvalue weighted by atomic mass is 19.1. The third kappa shape index (κ3) is 4.48. The minimum Gasteiger partial charge on any atom is -0.507 e. The van der Waals surface area contributed by atoms with Crippen LogP contribution in [0.3, 0.4) is 0 Å². The maximum absolute atomic E-state index is 14.3. The summed E-state index contributed by atoms with van der Waals surface area (Å²) in [7, 11) is 2.56. The van der Waals surface area contributed by atoms with Gasteiger partial charge in [0.1, 0.15) is 5.76 Å². The SMILES string of the molecule is COC(=O)c1ccc([C@@H]2C(=C(O)c3ccc(OC)c(F)c3)C(=O)C(=O)N2Cc2ccncc2)cc1. The Morgan fingerprint density at radius 3 is 2.29 bits per heavy atom. The Morgan fingerprint density at radius 1 is 1.03 bits per heavy atom. The molecule has 2 heterocycles. The molecule has 4 rings (SSSR count). The fraction of sp³-hybridized carbons (Fsp3) is 0.154. The molecule has 0 bridgehead atoms. The number of pyridine rings is 1. The first-order chi connectivity index (χ1) is 16.8. The van der Waals surface area contributed by atoms with Crippen LogP contribution in [0.1, 0.15) is 33.1 Å². The number of ether oxygens (including phenoxy) is 2. The van der Waals surface area contributed by atoms with Gasteiger partial charge in [-0.15, -0.1) is 0 Å². The number of methoxy groups -OCH3 is 2. The minimum atomic E-state index is -0.986. The predicted octanol–water partition coefficient (Wildman–Crippen LogP) is 3.64. The molecule has 1 saturated heterocycles. The van der Waals surface area contributed by atoms with Crippen LogP contribution in [0.5, 0.6) is 5.75 Å². The van der Waals surface area contributed by atoms with Crippen LogP contribution in [-0.4, -0.2) is 46.9 Å². The molecule has 2 aromatic carbocycles. The van der Waals surface area contributed by atoms with Crippen LogP contribution in [0.25, 0.3) is 5.76 Å². The number of hydrogen-bond donors (Lipinski definition) is 1. The van der Waals surface area contributed by atoms with Gasteiger partial charge in [0.2, 0.25) is 0 Å². The summed E-state index contributed by atoms with van der Waals surface area (Å²) in [4.78, 5) is 43.3. The van der Waals surface area contributed by atoms with Gasteiger partial charge < -0.3 is 19.5 Å². The normalized spacial score (nSPS) is 16.9. The van der Waals surface area contributed by atoms with E-state index in [9.17, 15) is 23.9 Å². The highest BCUT2D eigenvalue weighted by Crippen LogP contribution is 2.40. The van der Waals surface area contributed by atoms with Gasteiger partial charge in [0.15, 0.2) is 11.6 Å². The molecule has 3 aromatic rings. The largest absolute Gasteiger partial charge is 0.507 e. The predicted molar refractivity (Wildman–Crippen MR) is 123 cm³/mol. The molecule has 1 N–H and O–H groups in total. The van der Waals surface area contributed by atoms with E-state index >= 15 is 0 Å². The van der Waals surface area contributed by atoms with E-state index in [0.717, 1.165) is 6.07 Å². The topological polar surface area (TPSA) is 106 Å². The van der Waals surface area contributed by atoms with Gasteiger partial charge in [-0.2, -0.15) is 0 Å². The van der Waals surface area contributed by atoms with E-state index in [1.54, 1.807) is 36.7 Å². The monoisotopic (exact) mass is 476 g/mol. The van der Waals surface area contributed by atoms with Gasteiger partial charge in [-0.25, -0.2) is 9.18 Å². The molecule has 0 radical (unpaired) electrons. The number of rotatable bonds is 6. The first kappa shape index (κ1) is 23.6. The molecule has 1 atom stereocenters. The van der Waals surface area contributed by atoms with Crippen molar-refractivity contribution < 1.29 is 33.4 Å². The van der Waals surface area contributed by atoms with E-state index < -0.39 is 35.3 Å². The second kappa shape index (κ2) is 9.76. The van der Waals surface area contributed by atoms with E-state index in [4.69, 9.17) is 9.47 Å². The average Bonchev–Trinajstić information content (AvgIpc) is 3.13. The maximum Gasteiger partial charge on any atom is 0.337 e. The van der Waals surface area contributed by atoms with E-state index in [-0.39, 0.29) is 29.0 Å². The number of hydrogen-bond acceptors (Lipinski definition) is 7. The Kier molecular flexibility index (Phi) is 6.59. The highest BCUT2D eigenvalue weighted by molar-refractivity contribution is 6.46. The first-order valence-electron chi connectivity index (χ1n) is 10.5. The van der Waals surface area contributed by atoms with E-state index in [1.165, 1.54) is 43.4 Å². The van der Waals surface area contributed by atoms with Crippen molar-refractivity contribution in [2.45, 2.75) is 12.6 Å². The van der Waals surface area contributed by atoms with Gasteiger partial charge in [-0.1, -0.05) is 12.1 Å². The number of nitrogens with zero attached hydrogens (tertiary/aromatic N) is 2. The van der Waals surface area contributed by atoms with Crippen LogP contribution in [0.15, 0.2) is 72.6 Å². The van der Waals surface area contributed by atoms with Crippen molar-refractivity contribution in [1.82, 2.24) is 9.88 Å². The summed E-state index contributed by atoms with van der Waals surface area (Å²) in [5.41, 5.74) is 1.29. The highest BCUT2D eigenvalue weighted by Gasteiger charge is 2.46. The molecule has 1 aromatic heterocycles. The third-order valence-corrected chi connectivity index (χ3v) is 5.71. The molecule has 1 amide bonds. The van der Waals surface area contributed by atoms with Gasteiger partial charge in [-0.3, -0.25) is 14.6 Å². The van der Waals surface area contributed by atoms with Crippen molar-refractivity contribution in [3.05, 3.63) is 101 Å². The van der Waals surface area contributed by atoms with E-state index in [0.29, 0.717) is 11.1 Å². The average molecular weight is 476 g/mol. The Balaban J connectivity index is 1.85. The van der Waals surface area contributed by atoms with Crippen LogP contribution in [0.4, 0.5) is 4.39 Å². The summed E-state index contributed by atoms with van der Waals surface area (Å²) in [5, 5.41) is 11.1. The zero-order valence-corrected chi connectivity index (χ0v) is 18.9. The van der Waals surface area contributed by atoms with E-state index in [1.807, 2.05) is 0 Å². The Morgan fingerprint density at radius 2 is 1.69 bits per heavy atom. The molecule has 0 saturated carbocycles. The van der Waals surface area contributed by atoms with Gasteiger partial charge in [-0.05, 0) is 53.6 Å². The summed E-state index contributed by atoms with van der Waals surface area (Å²) in [5.74, 6) is -3.56. The van der Waals surface area contributed by atoms with Gasteiger partial charge >= 0.3 is 5.97 Å². The lowest BCUT2D eigenvalue weighted by Gasteiger charge is -2.25. The van der Waals surface area contributed by atoms with E-state index in [2.05, 4.69) is 4.98 Å². The number of benzene rings is 2. The van der Waals surface area contributed by atoms with Crippen LogP contribution >= 0.6 is 0 Å². The van der Waals surface area contributed by atoms with Crippen LogP contribution in [-0.2, 0) is 20.9 Å². The zero-order chi connectivity index (χ0) is 25.1. The van der Waals surface area contributed by atoms with Crippen LogP contribution in [0.2, 0.25) is 0 Å². The van der Waals surface area contributed by atoms with Gasteiger partial charge in [0.25, 0.3) is 11.7 Å². The lowest BCUT2D eigenvalue weighted by molar-refractivity contribution is -0.140. The smallest absolute Gasteiger partial charge is 0.337 e. The summed E-state index contributed by atoms with van der Waals surface area (Å²) in [6.07, 6.45) is 3.12. The van der Waals surface area contributed by atoms with Gasteiger partial charge in [0.05, 0.1) is 31.4 Å². The first-order valence-corrected chi connectivity index (χ1v) is 10.5. The molecule has 0 unspecified atom stereocenters. The van der Waals surface area contributed by atoms with Crippen LogP contribution in [0, 0.1) is 5.82 Å². The van der Waals surface area contributed by atoms with Crippen molar-refractivity contribution in [1.29, 1.82) is 0 Å². The van der Waals surface area contributed by atoms with Crippen molar-refractivity contribution in [3.63, 3.8) is 0 Å². The number of Topliss-reactive ketones (excluding diaryl/α,β-unsaturated/α-hetero) is 1. The minimum absolute atomic E-state index is 0.0152. The fourth-order valence-electron chi connectivity index (χ4n) is 3.96. The number of aromatic nitrogens is 1.